The Hall–Kier alpha value is -2.49. The minimum Gasteiger partial charge on any atom is -0.373 e. The predicted molar refractivity (Wildman–Crippen MR) is 111 cm³/mol. The zero-order valence-corrected chi connectivity index (χ0v) is 15.9. The Kier molecular flexibility index (Phi) is 6.74. The Morgan fingerprint density at radius 1 is 0.926 bits per heavy atom. The smallest absolute Gasteiger partial charge is 0.161 e. The molecule has 0 bridgehead atoms. The molecule has 0 amide bonds. The normalized spacial score (nSPS) is 12.2. The van der Waals surface area contributed by atoms with E-state index in [1.165, 1.54) is 21.9 Å². The summed E-state index contributed by atoms with van der Waals surface area (Å²) in [6, 6.07) is 22.9. The lowest BCUT2D eigenvalue weighted by atomic mass is 9.95. The Bertz CT molecular complexity index is 886. The molecule has 0 aliphatic heterocycles. The molecule has 0 heterocycles. The highest BCUT2D eigenvalue weighted by Crippen LogP contribution is 2.18. The second kappa shape index (κ2) is 9.45. The Labute approximate surface area is 161 Å². The van der Waals surface area contributed by atoms with Gasteiger partial charge in [-0.15, -0.1) is 0 Å². The van der Waals surface area contributed by atoms with E-state index in [1.54, 1.807) is 0 Å². The standard InChI is InChI=1S/C24H27NO2/c1-18(14-21-10-11-22-4-2-3-5-23(22)15-21)24(26)17-27-13-12-19-6-8-20(16-25)9-7-19/h2-11,15,18H,12-14,16-17,25H2,1H3/t18-/m1/s1. The first kappa shape index (κ1) is 19.3. The van der Waals surface area contributed by atoms with Crippen LogP contribution in [0.5, 0.6) is 0 Å². The summed E-state index contributed by atoms with van der Waals surface area (Å²) in [5, 5.41) is 2.44. The van der Waals surface area contributed by atoms with Crippen molar-refractivity contribution in [3.8, 4) is 0 Å². The molecule has 2 N–H and O–H groups in total. The van der Waals surface area contributed by atoms with Crippen molar-refractivity contribution in [3.05, 3.63) is 83.4 Å². The van der Waals surface area contributed by atoms with Gasteiger partial charge in [-0.1, -0.05) is 73.7 Å². The lowest BCUT2D eigenvalue weighted by Crippen LogP contribution is -2.20. The SMILES string of the molecule is C[C@H](Cc1ccc2ccccc2c1)C(=O)COCCc1ccc(CN)cc1. The summed E-state index contributed by atoms with van der Waals surface area (Å²) < 4.78 is 5.61. The molecule has 3 rings (SSSR count). The fourth-order valence-corrected chi connectivity index (χ4v) is 3.18. The summed E-state index contributed by atoms with van der Waals surface area (Å²) in [6.07, 6.45) is 1.55. The molecule has 27 heavy (non-hydrogen) atoms. The number of rotatable bonds is 9. The lowest BCUT2D eigenvalue weighted by Gasteiger charge is -2.12. The largest absolute Gasteiger partial charge is 0.373 e. The van der Waals surface area contributed by atoms with Crippen LogP contribution in [0.15, 0.2) is 66.7 Å². The van der Waals surface area contributed by atoms with Crippen LogP contribution in [0.25, 0.3) is 10.8 Å². The number of hydrogen-bond acceptors (Lipinski definition) is 3. The van der Waals surface area contributed by atoms with E-state index >= 15 is 0 Å². The van der Waals surface area contributed by atoms with E-state index < -0.39 is 0 Å². The number of benzene rings is 3. The van der Waals surface area contributed by atoms with Crippen molar-refractivity contribution in [1.29, 1.82) is 0 Å². The van der Waals surface area contributed by atoms with E-state index in [0.29, 0.717) is 13.2 Å². The summed E-state index contributed by atoms with van der Waals surface area (Å²) in [5.41, 5.74) is 9.11. The summed E-state index contributed by atoms with van der Waals surface area (Å²) in [6.45, 7) is 3.26. The third kappa shape index (κ3) is 5.49. The highest BCUT2D eigenvalue weighted by atomic mass is 16.5. The minimum absolute atomic E-state index is 0.0463. The number of fused-ring (bicyclic) bond motifs is 1. The Morgan fingerprint density at radius 2 is 1.59 bits per heavy atom. The van der Waals surface area contributed by atoms with Crippen LogP contribution in [0.2, 0.25) is 0 Å². The van der Waals surface area contributed by atoms with Crippen LogP contribution in [0.1, 0.15) is 23.6 Å². The first-order valence-electron chi connectivity index (χ1n) is 9.51. The van der Waals surface area contributed by atoms with E-state index in [0.717, 1.165) is 18.4 Å². The van der Waals surface area contributed by atoms with Gasteiger partial charge in [-0.05, 0) is 40.3 Å². The van der Waals surface area contributed by atoms with Gasteiger partial charge in [-0.3, -0.25) is 4.79 Å². The van der Waals surface area contributed by atoms with E-state index in [4.69, 9.17) is 10.5 Å². The van der Waals surface area contributed by atoms with Crippen molar-refractivity contribution in [2.24, 2.45) is 11.7 Å². The average Bonchev–Trinajstić information content (AvgIpc) is 2.71. The highest BCUT2D eigenvalue weighted by Gasteiger charge is 2.14. The Balaban J connectivity index is 1.44. The van der Waals surface area contributed by atoms with E-state index in [1.807, 2.05) is 31.2 Å². The minimum atomic E-state index is -0.0463. The first-order valence-corrected chi connectivity index (χ1v) is 9.51. The van der Waals surface area contributed by atoms with Crippen LogP contribution in [0.4, 0.5) is 0 Å². The topological polar surface area (TPSA) is 52.3 Å². The molecule has 0 aliphatic rings. The number of ether oxygens (including phenoxy) is 1. The van der Waals surface area contributed by atoms with E-state index in [9.17, 15) is 4.79 Å². The maximum Gasteiger partial charge on any atom is 0.161 e. The Morgan fingerprint density at radius 3 is 2.33 bits per heavy atom. The number of ketones is 1. The molecular formula is C24H27NO2. The first-order chi connectivity index (χ1) is 13.2. The van der Waals surface area contributed by atoms with Crippen molar-refractivity contribution in [3.63, 3.8) is 0 Å². The molecule has 0 radical (unpaired) electrons. The molecule has 0 saturated heterocycles. The summed E-state index contributed by atoms with van der Waals surface area (Å²) >= 11 is 0. The molecule has 3 aromatic rings. The fourth-order valence-electron chi connectivity index (χ4n) is 3.18. The van der Waals surface area contributed by atoms with Crippen LogP contribution in [0, 0.1) is 5.92 Å². The monoisotopic (exact) mass is 361 g/mol. The summed E-state index contributed by atoms with van der Waals surface area (Å²) in [5.74, 6) is 0.108. The van der Waals surface area contributed by atoms with Crippen molar-refractivity contribution in [2.75, 3.05) is 13.2 Å². The van der Waals surface area contributed by atoms with Gasteiger partial charge in [-0.2, -0.15) is 0 Å². The van der Waals surface area contributed by atoms with Gasteiger partial charge < -0.3 is 10.5 Å². The predicted octanol–water partition coefficient (Wildman–Crippen LogP) is 4.31. The second-order valence-electron chi connectivity index (χ2n) is 7.08. The summed E-state index contributed by atoms with van der Waals surface area (Å²) in [4.78, 5) is 12.4. The quantitative estimate of drug-likeness (QED) is 0.578. The van der Waals surface area contributed by atoms with Gasteiger partial charge >= 0.3 is 0 Å². The van der Waals surface area contributed by atoms with Crippen molar-refractivity contribution < 1.29 is 9.53 Å². The zero-order chi connectivity index (χ0) is 19.1. The fraction of sp³-hybridized carbons (Fsp3) is 0.292. The van der Waals surface area contributed by atoms with Gasteiger partial charge in [0, 0.05) is 12.5 Å². The van der Waals surface area contributed by atoms with Gasteiger partial charge in [0.05, 0.1) is 6.61 Å². The molecule has 0 aromatic heterocycles. The van der Waals surface area contributed by atoms with Crippen LogP contribution < -0.4 is 5.73 Å². The highest BCUT2D eigenvalue weighted by molar-refractivity contribution is 5.84. The molecule has 3 aromatic carbocycles. The zero-order valence-electron chi connectivity index (χ0n) is 15.9. The van der Waals surface area contributed by atoms with Crippen LogP contribution in [0.3, 0.4) is 0 Å². The molecule has 0 aliphatic carbocycles. The number of carbonyl (C=O) groups excluding carboxylic acids is 1. The van der Waals surface area contributed by atoms with Crippen LogP contribution >= 0.6 is 0 Å². The average molecular weight is 361 g/mol. The van der Waals surface area contributed by atoms with Crippen molar-refractivity contribution >= 4 is 16.6 Å². The third-order valence-corrected chi connectivity index (χ3v) is 4.94. The van der Waals surface area contributed by atoms with Crippen molar-refractivity contribution in [2.45, 2.75) is 26.3 Å². The molecule has 0 unspecified atom stereocenters. The number of carbonyl (C=O) groups is 1. The maximum atomic E-state index is 12.4. The van der Waals surface area contributed by atoms with Crippen LogP contribution in [-0.2, 0) is 28.9 Å². The van der Waals surface area contributed by atoms with E-state index in [-0.39, 0.29) is 18.3 Å². The number of nitrogens with two attached hydrogens (primary N) is 1. The van der Waals surface area contributed by atoms with Crippen LogP contribution in [-0.4, -0.2) is 19.0 Å². The molecular weight excluding hydrogens is 334 g/mol. The molecule has 0 saturated carbocycles. The van der Waals surface area contributed by atoms with Crippen molar-refractivity contribution in [1.82, 2.24) is 0 Å². The van der Waals surface area contributed by atoms with Gasteiger partial charge in [0.1, 0.15) is 6.61 Å². The van der Waals surface area contributed by atoms with Gasteiger partial charge in [0.2, 0.25) is 0 Å². The molecule has 0 fully saturated rings. The van der Waals surface area contributed by atoms with Gasteiger partial charge in [-0.25, -0.2) is 0 Å². The lowest BCUT2D eigenvalue weighted by molar-refractivity contribution is -0.126. The number of hydrogen-bond donors (Lipinski definition) is 1. The van der Waals surface area contributed by atoms with Gasteiger partial charge in [0.15, 0.2) is 5.78 Å². The van der Waals surface area contributed by atoms with Gasteiger partial charge in [0.25, 0.3) is 0 Å². The van der Waals surface area contributed by atoms with E-state index in [2.05, 4.69) is 42.5 Å². The molecule has 0 spiro atoms. The maximum absolute atomic E-state index is 12.4. The summed E-state index contributed by atoms with van der Waals surface area (Å²) in [7, 11) is 0. The second-order valence-corrected chi connectivity index (χ2v) is 7.08. The molecule has 140 valence electrons. The third-order valence-electron chi connectivity index (χ3n) is 4.94. The molecule has 3 nitrogen and oxygen atoms in total. The molecule has 3 heteroatoms. The number of Topliss-reactive ketones (excluding diaryl/α,β-unsaturated/α-hetero) is 1. The molecule has 1 atom stereocenters.